The molecule has 2 heterocycles. The molecule has 2 aromatic rings. The standard InChI is InChI=1S/C14H18N2O/c1-9-4-3-5-12-14(9)11-6-10(8-17)15-7-13(11)16(12)2/h3-5,10,15,17H,6-8H2,1-2H3. The van der Waals surface area contributed by atoms with E-state index in [4.69, 9.17) is 0 Å². The van der Waals surface area contributed by atoms with Gasteiger partial charge in [-0.3, -0.25) is 0 Å². The lowest BCUT2D eigenvalue weighted by atomic mass is 9.97. The van der Waals surface area contributed by atoms with E-state index < -0.39 is 0 Å². The Kier molecular flexibility index (Phi) is 2.45. The summed E-state index contributed by atoms with van der Waals surface area (Å²) >= 11 is 0. The lowest BCUT2D eigenvalue weighted by Crippen LogP contribution is -2.38. The molecule has 3 nitrogen and oxygen atoms in total. The molecular formula is C14H18N2O. The van der Waals surface area contributed by atoms with Gasteiger partial charge in [0.15, 0.2) is 0 Å². The number of aryl methyl sites for hydroxylation is 2. The number of nitrogens with zero attached hydrogens (tertiary/aromatic N) is 1. The van der Waals surface area contributed by atoms with Crippen molar-refractivity contribution < 1.29 is 5.11 Å². The van der Waals surface area contributed by atoms with Crippen LogP contribution >= 0.6 is 0 Å². The van der Waals surface area contributed by atoms with Crippen LogP contribution in [-0.2, 0) is 20.0 Å². The number of hydrogen-bond acceptors (Lipinski definition) is 2. The van der Waals surface area contributed by atoms with E-state index in [2.05, 4.69) is 42.1 Å². The van der Waals surface area contributed by atoms with E-state index in [9.17, 15) is 5.11 Å². The summed E-state index contributed by atoms with van der Waals surface area (Å²) < 4.78 is 2.28. The molecule has 1 atom stereocenters. The Morgan fingerprint density at radius 2 is 2.29 bits per heavy atom. The molecule has 17 heavy (non-hydrogen) atoms. The average molecular weight is 230 g/mol. The van der Waals surface area contributed by atoms with Crippen LogP contribution in [0.1, 0.15) is 16.8 Å². The highest BCUT2D eigenvalue weighted by Crippen LogP contribution is 2.31. The van der Waals surface area contributed by atoms with Gasteiger partial charge in [-0.2, -0.15) is 0 Å². The van der Waals surface area contributed by atoms with Crippen molar-refractivity contribution in [1.82, 2.24) is 9.88 Å². The topological polar surface area (TPSA) is 37.2 Å². The molecule has 3 heteroatoms. The third-order valence-electron chi connectivity index (χ3n) is 3.90. The summed E-state index contributed by atoms with van der Waals surface area (Å²) in [6.07, 6.45) is 0.925. The smallest absolute Gasteiger partial charge is 0.0588 e. The molecule has 0 spiro atoms. The van der Waals surface area contributed by atoms with Crippen molar-refractivity contribution in [2.75, 3.05) is 6.61 Å². The van der Waals surface area contributed by atoms with Crippen LogP contribution in [0.15, 0.2) is 18.2 Å². The molecule has 1 aromatic heterocycles. The number of nitrogens with one attached hydrogen (secondary N) is 1. The van der Waals surface area contributed by atoms with Gasteiger partial charge in [0.2, 0.25) is 0 Å². The largest absolute Gasteiger partial charge is 0.395 e. The summed E-state index contributed by atoms with van der Waals surface area (Å²) in [6, 6.07) is 6.65. The summed E-state index contributed by atoms with van der Waals surface area (Å²) in [5.74, 6) is 0. The Bertz CT molecular complexity index is 571. The zero-order chi connectivity index (χ0) is 12.0. The first kappa shape index (κ1) is 10.8. The van der Waals surface area contributed by atoms with Crippen LogP contribution in [0.4, 0.5) is 0 Å². The number of hydrogen-bond donors (Lipinski definition) is 2. The van der Waals surface area contributed by atoms with Gasteiger partial charge in [0, 0.05) is 36.2 Å². The fraction of sp³-hybridized carbons (Fsp3) is 0.429. The number of aliphatic hydroxyl groups excluding tert-OH is 1. The zero-order valence-electron chi connectivity index (χ0n) is 10.3. The maximum atomic E-state index is 9.30. The van der Waals surface area contributed by atoms with E-state index in [0.717, 1.165) is 13.0 Å². The first-order valence-electron chi connectivity index (χ1n) is 6.12. The molecule has 1 aromatic carbocycles. The van der Waals surface area contributed by atoms with E-state index >= 15 is 0 Å². The minimum atomic E-state index is 0.202. The van der Waals surface area contributed by atoms with Crippen molar-refractivity contribution in [2.45, 2.75) is 25.9 Å². The van der Waals surface area contributed by atoms with Gasteiger partial charge >= 0.3 is 0 Å². The van der Waals surface area contributed by atoms with Crippen LogP contribution in [-0.4, -0.2) is 22.3 Å². The molecule has 0 fully saturated rings. The molecule has 0 saturated heterocycles. The normalized spacial score (nSPS) is 19.6. The van der Waals surface area contributed by atoms with Gasteiger partial charge in [-0.25, -0.2) is 0 Å². The molecular weight excluding hydrogens is 212 g/mol. The van der Waals surface area contributed by atoms with E-state index in [0.29, 0.717) is 0 Å². The second-order valence-electron chi connectivity index (χ2n) is 4.92. The van der Waals surface area contributed by atoms with Crippen molar-refractivity contribution in [1.29, 1.82) is 0 Å². The highest BCUT2D eigenvalue weighted by atomic mass is 16.3. The van der Waals surface area contributed by atoms with Crippen molar-refractivity contribution in [3.05, 3.63) is 35.0 Å². The predicted octanol–water partition coefficient (Wildman–Crippen LogP) is 1.49. The summed E-state index contributed by atoms with van der Waals surface area (Å²) in [5, 5.41) is 14.1. The van der Waals surface area contributed by atoms with Crippen LogP contribution in [0.5, 0.6) is 0 Å². The maximum absolute atomic E-state index is 9.30. The SMILES string of the molecule is Cc1cccc2c1c1c(n2C)CNC(CO)C1. The van der Waals surface area contributed by atoms with Crippen LogP contribution in [0.25, 0.3) is 10.9 Å². The van der Waals surface area contributed by atoms with E-state index in [1.165, 1.54) is 27.7 Å². The maximum Gasteiger partial charge on any atom is 0.0588 e. The third kappa shape index (κ3) is 1.50. The number of aromatic nitrogens is 1. The Morgan fingerprint density at radius 3 is 3.06 bits per heavy atom. The van der Waals surface area contributed by atoms with Crippen molar-refractivity contribution in [3.8, 4) is 0 Å². The second kappa shape index (κ2) is 3.86. The van der Waals surface area contributed by atoms with Gasteiger partial charge < -0.3 is 15.0 Å². The summed E-state index contributed by atoms with van der Waals surface area (Å²) in [4.78, 5) is 0. The molecule has 0 radical (unpaired) electrons. The van der Waals surface area contributed by atoms with Crippen molar-refractivity contribution >= 4 is 10.9 Å². The molecule has 0 bridgehead atoms. The molecule has 90 valence electrons. The minimum absolute atomic E-state index is 0.202. The Labute approximate surface area is 101 Å². The molecule has 2 N–H and O–H groups in total. The van der Waals surface area contributed by atoms with Gasteiger partial charge in [0.05, 0.1) is 6.61 Å². The van der Waals surface area contributed by atoms with E-state index in [1.807, 2.05) is 0 Å². The molecule has 1 aliphatic rings. The Balaban J connectivity index is 2.27. The van der Waals surface area contributed by atoms with Crippen LogP contribution in [0, 0.1) is 6.92 Å². The van der Waals surface area contributed by atoms with Gasteiger partial charge in [-0.1, -0.05) is 12.1 Å². The Morgan fingerprint density at radius 1 is 1.47 bits per heavy atom. The Hall–Kier alpha value is -1.32. The predicted molar refractivity (Wildman–Crippen MR) is 69.1 cm³/mol. The summed E-state index contributed by atoms with van der Waals surface area (Å²) in [5.41, 5.74) is 5.41. The second-order valence-corrected chi connectivity index (χ2v) is 4.92. The summed E-state index contributed by atoms with van der Waals surface area (Å²) in [6.45, 7) is 3.23. The van der Waals surface area contributed by atoms with Crippen molar-refractivity contribution in [3.63, 3.8) is 0 Å². The monoisotopic (exact) mass is 230 g/mol. The number of fused-ring (bicyclic) bond motifs is 3. The van der Waals surface area contributed by atoms with Gasteiger partial charge in [0.1, 0.15) is 0 Å². The molecule has 1 unspecified atom stereocenters. The first-order valence-corrected chi connectivity index (χ1v) is 6.12. The van der Waals surface area contributed by atoms with Crippen LogP contribution in [0.3, 0.4) is 0 Å². The number of rotatable bonds is 1. The quantitative estimate of drug-likeness (QED) is 0.779. The lowest BCUT2D eigenvalue weighted by Gasteiger charge is -2.23. The summed E-state index contributed by atoms with van der Waals surface area (Å²) in [7, 11) is 2.13. The highest BCUT2D eigenvalue weighted by molar-refractivity contribution is 5.88. The number of benzene rings is 1. The van der Waals surface area contributed by atoms with Crippen LogP contribution in [0.2, 0.25) is 0 Å². The fourth-order valence-corrected chi connectivity index (χ4v) is 2.95. The van der Waals surface area contributed by atoms with E-state index in [-0.39, 0.29) is 12.6 Å². The van der Waals surface area contributed by atoms with Gasteiger partial charge in [0.25, 0.3) is 0 Å². The van der Waals surface area contributed by atoms with Gasteiger partial charge in [-0.15, -0.1) is 0 Å². The minimum Gasteiger partial charge on any atom is -0.395 e. The van der Waals surface area contributed by atoms with Gasteiger partial charge in [-0.05, 0) is 30.5 Å². The average Bonchev–Trinajstić information content (AvgIpc) is 2.64. The third-order valence-corrected chi connectivity index (χ3v) is 3.90. The highest BCUT2D eigenvalue weighted by Gasteiger charge is 2.23. The van der Waals surface area contributed by atoms with Crippen molar-refractivity contribution in [2.24, 2.45) is 7.05 Å². The lowest BCUT2D eigenvalue weighted by molar-refractivity contribution is 0.235. The molecule has 1 aliphatic heterocycles. The molecule has 0 amide bonds. The molecule has 3 rings (SSSR count). The van der Waals surface area contributed by atoms with E-state index in [1.54, 1.807) is 0 Å². The fourth-order valence-electron chi connectivity index (χ4n) is 2.95. The molecule has 0 saturated carbocycles. The molecule has 0 aliphatic carbocycles. The zero-order valence-corrected chi connectivity index (χ0v) is 10.3. The number of aliphatic hydroxyl groups is 1. The first-order chi connectivity index (χ1) is 8.22. The van der Waals surface area contributed by atoms with Crippen LogP contribution < -0.4 is 5.32 Å².